The smallest absolute Gasteiger partial charge is 0.270 e. The summed E-state index contributed by atoms with van der Waals surface area (Å²) in [5.74, 6) is -0.118. The van der Waals surface area contributed by atoms with Crippen LogP contribution >= 0.6 is 0 Å². The quantitative estimate of drug-likeness (QED) is 0.803. The maximum Gasteiger partial charge on any atom is 0.270 e. The van der Waals surface area contributed by atoms with Crippen LogP contribution in [-0.2, 0) is 18.3 Å². The van der Waals surface area contributed by atoms with Crippen LogP contribution in [0.5, 0.6) is 0 Å². The molecule has 136 valence electrons. The van der Waals surface area contributed by atoms with E-state index in [0.29, 0.717) is 25.4 Å². The molecule has 2 aliphatic rings. The number of carbonyl (C=O) groups is 1. The number of ether oxygens (including phenoxy) is 1. The Morgan fingerprint density at radius 3 is 2.85 bits per heavy atom. The summed E-state index contributed by atoms with van der Waals surface area (Å²) in [7, 11) is 1.63. The molecule has 0 aromatic carbocycles. The summed E-state index contributed by atoms with van der Waals surface area (Å²) in [5, 5.41) is 0. The number of pyridine rings is 2. The van der Waals surface area contributed by atoms with Gasteiger partial charge in [-0.05, 0) is 23.8 Å². The molecule has 2 aromatic rings. The number of nitrogens with zero attached hydrogens (tertiary/aromatic N) is 4. The molecule has 26 heavy (non-hydrogen) atoms. The fraction of sp³-hybridized carbons (Fsp3) is 0.421. The molecule has 2 saturated heterocycles. The van der Waals surface area contributed by atoms with Gasteiger partial charge in [0.15, 0.2) is 0 Å². The molecule has 2 atom stereocenters. The molecule has 0 N–H and O–H groups in total. The minimum atomic E-state index is -0.178. The molecular weight excluding hydrogens is 332 g/mol. The third-order valence-corrected chi connectivity index (χ3v) is 5.24. The van der Waals surface area contributed by atoms with Crippen molar-refractivity contribution in [3.63, 3.8) is 0 Å². The number of hydrogen-bond acceptors (Lipinski definition) is 5. The molecule has 4 rings (SSSR count). The van der Waals surface area contributed by atoms with Crippen LogP contribution in [0.3, 0.4) is 0 Å². The first-order valence-electron chi connectivity index (χ1n) is 8.83. The van der Waals surface area contributed by atoms with Crippen molar-refractivity contribution in [1.29, 1.82) is 0 Å². The Kier molecular flexibility index (Phi) is 4.57. The lowest BCUT2D eigenvalue weighted by Gasteiger charge is -2.36. The second-order valence-electron chi connectivity index (χ2n) is 6.82. The number of fused-ring (bicyclic) bond motifs is 1. The zero-order valence-electron chi connectivity index (χ0n) is 14.7. The Hall–Kier alpha value is -2.51. The van der Waals surface area contributed by atoms with Crippen molar-refractivity contribution in [2.24, 2.45) is 7.05 Å². The average Bonchev–Trinajstić information content (AvgIpc) is 3.10. The van der Waals surface area contributed by atoms with Crippen LogP contribution < -0.4 is 5.56 Å². The SMILES string of the molecule is Cn1c(C(=O)N2CC3OCCN(Cc4ccncc4)C3C2)cccc1=O. The van der Waals surface area contributed by atoms with Gasteiger partial charge in [0.2, 0.25) is 0 Å². The summed E-state index contributed by atoms with van der Waals surface area (Å²) in [6.45, 7) is 3.49. The van der Waals surface area contributed by atoms with Gasteiger partial charge in [-0.2, -0.15) is 0 Å². The Morgan fingerprint density at radius 2 is 2.04 bits per heavy atom. The molecule has 0 spiro atoms. The molecule has 7 heteroatoms. The lowest BCUT2D eigenvalue weighted by molar-refractivity contribution is -0.0503. The normalized spacial score (nSPS) is 23.0. The monoisotopic (exact) mass is 354 g/mol. The Balaban J connectivity index is 1.51. The van der Waals surface area contributed by atoms with E-state index >= 15 is 0 Å². The largest absolute Gasteiger partial charge is 0.373 e. The van der Waals surface area contributed by atoms with Crippen molar-refractivity contribution in [3.8, 4) is 0 Å². The predicted octanol–water partition coefficient (Wildman–Crippen LogP) is 0.506. The maximum absolute atomic E-state index is 12.9. The predicted molar refractivity (Wildman–Crippen MR) is 95.8 cm³/mol. The molecule has 1 amide bonds. The number of rotatable bonds is 3. The van der Waals surface area contributed by atoms with Gasteiger partial charge in [0.1, 0.15) is 5.69 Å². The number of amides is 1. The maximum atomic E-state index is 12.9. The number of hydrogen-bond donors (Lipinski definition) is 0. The zero-order chi connectivity index (χ0) is 18.1. The number of aromatic nitrogens is 2. The summed E-state index contributed by atoms with van der Waals surface area (Å²) in [6.07, 6.45) is 3.61. The Bertz CT molecular complexity index is 851. The number of morpholine rings is 1. The van der Waals surface area contributed by atoms with E-state index in [4.69, 9.17) is 4.74 Å². The molecule has 0 saturated carbocycles. The van der Waals surface area contributed by atoms with Gasteiger partial charge in [-0.3, -0.25) is 19.5 Å². The summed E-state index contributed by atoms with van der Waals surface area (Å²) in [6, 6.07) is 8.98. The van der Waals surface area contributed by atoms with Crippen molar-refractivity contribution in [3.05, 3.63) is 64.3 Å². The van der Waals surface area contributed by atoms with Crippen LogP contribution in [0, 0.1) is 0 Å². The fourth-order valence-corrected chi connectivity index (χ4v) is 3.78. The second-order valence-corrected chi connectivity index (χ2v) is 6.82. The summed E-state index contributed by atoms with van der Waals surface area (Å²) >= 11 is 0. The van der Waals surface area contributed by atoms with Gasteiger partial charge in [0.05, 0.1) is 18.8 Å². The van der Waals surface area contributed by atoms with Crippen molar-refractivity contribution in [2.45, 2.75) is 18.7 Å². The second kappa shape index (κ2) is 7.01. The first-order chi connectivity index (χ1) is 12.6. The van der Waals surface area contributed by atoms with Crippen LogP contribution in [0.2, 0.25) is 0 Å². The van der Waals surface area contributed by atoms with Gasteiger partial charge < -0.3 is 14.2 Å². The third-order valence-electron chi connectivity index (χ3n) is 5.24. The fourth-order valence-electron chi connectivity index (χ4n) is 3.78. The third kappa shape index (κ3) is 3.15. The summed E-state index contributed by atoms with van der Waals surface area (Å²) in [4.78, 5) is 33.0. The van der Waals surface area contributed by atoms with Crippen molar-refractivity contribution >= 4 is 5.91 Å². The highest BCUT2D eigenvalue weighted by Crippen LogP contribution is 2.25. The van der Waals surface area contributed by atoms with E-state index in [0.717, 1.165) is 13.1 Å². The highest BCUT2D eigenvalue weighted by Gasteiger charge is 2.42. The van der Waals surface area contributed by atoms with E-state index in [9.17, 15) is 9.59 Å². The van der Waals surface area contributed by atoms with E-state index in [1.165, 1.54) is 16.2 Å². The van der Waals surface area contributed by atoms with E-state index in [1.807, 2.05) is 12.1 Å². The molecule has 2 fully saturated rings. The van der Waals surface area contributed by atoms with Crippen LogP contribution in [0.1, 0.15) is 16.1 Å². The molecular formula is C19H22N4O3. The molecule has 0 bridgehead atoms. The van der Waals surface area contributed by atoms with Gasteiger partial charge in [-0.15, -0.1) is 0 Å². The van der Waals surface area contributed by atoms with Crippen LogP contribution in [0.25, 0.3) is 0 Å². The van der Waals surface area contributed by atoms with Crippen molar-refractivity contribution in [2.75, 3.05) is 26.2 Å². The van der Waals surface area contributed by atoms with E-state index < -0.39 is 0 Å². The van der Waals surface area contributed by atoms with Gasteiger partial charge in [0.25, 0.3) is 11.5 Å². The van der Waals surface area contributed by atoms with Gasteiger partial charge >= 0.3 is 0 Å². The Labute approximate surface area is 151 Å². The molecule has 2 aliphatic heterocycles. The lowest BCUT2D eigenvalue weighted by Crippen LogP contribution is -2.50. The van der Waals surface area contributed by atoms with E-state index in [1.54, 1.807) is 36.5 Å². The molecule has 7 nitrogen and oxygen atoms in total. The van der Waals surface area contributed by atoms with Gasteiger partial charge in [0, 0.05) is 51.7 Å². The van der Waals surface area contributed by atoms with Gasteiger partial charge in [-0.25, -0.2) is 0 Å². The van der Waals surface area contributed by atoms with Crippen molar-refractivity contribution < 1.29 is 9.53 Å². The molecule has 4 heterocycles. The first-order valence-corrected chi connectivity index (χ1v) is 8.83. The molecule has 2 aromatic heterocycles. The molecule has 0 radical (unpaired) electrons. The van der Waals surface area contributed by atoms with E-state index in [2.05, 4.69) is 9.88 Å². The van der Waals surface area contributed by atoms with Gasteiger partial charge in [-0.1, -0.05) is 6.07 Å². The van der Waals surface area contributed by atoms with Crippen molar-refractivity contribution in [1.82, 2.24) is 19.4 Å². The summed E-state index contributed by atoms with van der Waals surface area (Å²) < 4.78 is 7.33. The number of carbonyl (C=O) groups excluding carboxylic acids is 1. The number of likely N-dealkylation sites (tertiary alicyclic amines) is 1. The van der Waals surface area contributed by atoms with E-state index in [-0.39, 0.29) is 23.6 Å². The van der Waals surface area contributed by atoms with Crippen LogP contribution in [0.15, 0.2) is 47.5 Å². The van der Waals surface area contributed by atoms with Crippen LogP contribution in [0.4, 0.5) is 0 Å². The first kappa shape index (κ1) is 16.9. The topological polar surface area (TPSA) is 67.7 Å². The average molecular weight is 354 g/mol. The molecule has 0 aliphatic carbocycles. The lowest BCUT2D eigenvalue weighted by atomic mass is 10.1. The minimum Gasteiger partial charge on any atom is -0.373 e. The van der Waals surface area contributed by atoms with Crippen LogP contribution in [-0.4, -0.2) is 63.6 Å². The minimum absolute atomic E-state index is 0.00952. The Morgan fingerprint density at radius 1 is 1.23 bits per heavy atom. The highest BCUT2D eigenvalue weighted by atomic mass is 16.5. The standard InChI is InChI=1S/C19H22N4O3/c1-21-15(3-2-4-18(21)24)19(25)23-12-16-17(13-23)26-10-9-22(16)11-14-5-7-20-8-6-14/h2-8,16-17H,9-13H2,1H3. The molecule has 2 unspecified atom stereocenters. The highest BCUT2D eigenvalue weighted by molar-refractivity contribution is 5.92. The summed E-state index contributed by atoms with van der Waals surface area (Å²) in [5.41, 5.74) is 1.44. The zero-order valence-corrected chi connectivity index (χ0v) is 14.7.